The van der Waals surface area contributed by atoms with E-state index in [2.05, 4.69) is 27.2 Å². The van der Waals surface area contributed by atoms with Gasteiger partial charge in [0.25, 0.3) is 0 Å². The summed E-state index contributed by atoms with van der Waals surface area (Å²) in [4.78, 5) is 12.6. The number of benzene rings is 1. The number of aryl methyl sites for hydroxylation is 3. The van der Waals surface area contributed by atoms with Gasteiger partial charge in [-0.15, -0.1) is 0 Å². The molecule has 0 unspecified atom stereocenters. The first-order chi connectivity index (χ1) is 7.63. The highest BCUT2D eigenvalue weighted by Crippen LogP contribution is 2.13. The number of nitrogens with zero attached hydrogens (tertiary/aromatic N) is 3. The Kier molecular flexibility index (Phi) is 2.81. The van der Waals surface area contributed by atoms with Crippen LogP contribution >= 0.6 is 0 Å². The van der Waals surface area contributed by atoms with Gasteiger partial charge in [-0.2, -0.15) is 9.97 Å². The van der Waals surface area contributed by atoms with Gasteiger partial charge >= 0.3 is 0 Å². The minimum Gasteiger partial charge on any atom is -0.324 e. The van der Waals surface area contributed by atoms with Crippen LogP contribution in [0.1, 0.15) is 17.2 Å². The highest BCUT2D eigenvalue weighted by molar-refractivity contribution is 5.53. The molecule has 0 spiro atoms. The zero-order valence-electron chi connectivity index (χ0n) is 9.65. The Bertz CT molecular complexity index is 471. The Hall–Kier alpha value is -1.97. The molecule has 1 heterocycles. The maximum Gasteiger partial charge on any atom is 0.230 e. The lowest BCUT2D eigenvalue weighted by atomic mass is 10.2. The fourth-order valence-electron chi connectivity index (χ4n) is 1.44. The molecule has 2 rings (SSSR count). The molecule has 4 nitrogen and oxygen atoms in total. The number of hydrogen-bond acceptors (Lipinski definition) is 4. The molecule has 0 bridgehead atoms. The second kappa shape index (κ2) is 4.26. The van der Waals surface area contributed by atoms with Crippen LogP contribution in [0.5, 0.6) is 0 Å². The number of nitrogens with one attached hydrogen (secondary N) is 1. The van der Waals surface area contributed by atoms with Crippen LogP contribution in [-0.4, -0.2) is 15.0 Å². The average Bonchev–Trinajstić information content (AvgIpc) is 2.20. The fraction of sp³-hybridized carbons (Fsp3) is 0.250. The molecule has 0 amide bonds. The van der Waals surface area contributed by atoms with Crippen molar-refractivity contribution in [2.24, 2.45) is 0 Å². The number of rotatable bonds is 2. The van der Waals surface area contributed by atoms with Crippen molar-refractivity contribution in [2.75, 3.05) is 5.32 Å². The summed E-state index contributed by atoms with van der Waals surface area (Å²) in [5.41, 5.74) is 2.21. The third-order valence-electron chi connectivity index (χ3n) is 2.17. The van der Waals surface area contributed by atoms with Crippen LogP contribution in [0.15, 0.2) is 24.3 Å². The van der Waals surface area contributed by atoms with Crippen LogP contribution in [0.2, 0.25) is 0 Å². The number of hydrogen-bond donors (Lipinski definition) is 1. The maximum absolute atomic E-state index is 4.22. The first-order valence-corrected chi connectivity index (χ1v) is 5.16. The molecular formula is C12H14N4. The molecule has 0 radical (unpaired) electrons. The lowest BCUT2D eigenvalue weighted by Gasteiger charge is -2.05. The molecular weight excluding hydrogens is 200 g/mol. The molecule has 4 heteroatoms. The lowest BCUT2D eigenvalue weighted by Crippen LogP contribution is -2.02. The Balaban J connectivity index is 2.23. The van der Waals surface area contributed by atoms with E-state index in [4.69, 9.17) is 0 Å². The molecule has 1 N–H and O–H groups in total. The van der Waals surface area contributed by atoms with Gasteiger partial charge in [0.1, 0.15) is 11.6 Å². The lowest BCUT2D eigenvalue weighted by molar-refractivity contribution is 0.928. The highest BCUT2D eigenvalue weighted by atomic mass is 15.2. The van der Waals surface area contributed by atoms with Gasteiger partial charge in [-0.25, -0.2) is 4.98 Å². The molecule has 1 aromatic carbocycles. The molecule has 0 aliphatic rings. The zero-order chi connectivity index (χ0) is 11.5. The normalized spacial score (nSPS) is 10.2. The number of anilines is 2. The van der Waals surface area contributed by atoms with Gasteiger partial charge in [0.05, 0.1) is 0 Å². The van der Waals surface area contributed by atoms with Crippen LogP contribution in [0.25, 0.3) is 0 Å². The summed E-state index contributed by atoms with van der Waals surface area (Å²) in [6, 6.07) is 8.10. The van der Waals surface area contributed by atoms with Gasteiger partial charge in [-0.1, -0.05) is 17.7 Å². The van der Waals surface area contributed by atoms with Gasteiger partial charge in [0.2, 0.25) is 5.95 Å². The first-order valence-electron chi connectivity index (χ1n) is 5.16. The Morgan fingerprint density at radius 3 is 1.94 bits per heavy atom. The summed E-state index contributed by atoms with van der Waals surface area (Å²) in [6.45, 7) is 5.77. The molecule has 0 aliphatic carbocycles. The van der Waals surface area contributed by atoms with E-state index in [1.807, 2.05) is 38.1 Å². The summed E-state index contributed by atoms with van der Waals surface area (Å²) in [5, 5.41) is 3.15. The van der Waals surface area contributed by atoms with Crippen molar-refractivity contribution < 1.29 is 0 Å². The minimum atomic E-state index is 0.592. The molecule has 0 saturated carbocycles. The third-order valence-corrected chi connectivity index (χ3v) is 2.17. The minimum absolute atomic E-state index is 0.592. The van der Waals surface area contributed by atoms with E-state index >= 15 is 0 Å². The predicted octanol–water partition coefficient (Wildman–Crippen LogP) is 2.54. The third kappa shape index (κ3) is 2.53. The van der Waals surface area contributed by atoms with Gasteiger partial charge in [-0.05, 0) is 32.9 Å². The van der Waals surface area contributed by atoms with Crippen LogP contribution in [0.3, 0.4) is 0 Å². The van der Waals surface area contributed by atoms with E-state index < -0.39 is 0 Å². The monoisotopic (exact) mass is 214 g/mol. The van der Waals surface area contributed by atoms with Crippen LogP contribution in [-0.2, 0) is 0 Å². The van der Waals surface area contributed by atoms with Crippen molar-refractivity contribution in [1.82, 2.24) is 15.0 Å². The van der Waals surface area contributed by atoms with E-state index in [1.165, 1.54) is 5.56 Å². The van der Waals surface area contributed by atoms with Crippen molar-refractivity contribution in [3.63, 3.8) is 0 Å². The Labute approximate surface area is 94.8 Å². The van der Waals surface area contributed by atoms with Crippen LogP contribution in [0.4, 0.5) is 11.6 Å². The second-order valence-corrected chi connectivity index (χ2v) is 3.74. The van der Waals surface area contributed by atoms with Crippen molar-refractivity contribution >= 4 is 11.6 Å². The molecule has 0 saturated heterocycles. The molecule has 0 atom stereocenters. The molecule has 0 aliphatic heterocycles. The standard InChI is InChI=1S/C12H14N4/c1-8-4-6-11(7-5-8)16-12-14-9(2)13-10(3)15-12/h4-7H,1-3H3,(H,13,14,15,16). The quantitative estimate of drug-likeness (QED) is 0.834. The van der Waals surface area contributed by atoms with Crippen LogP contribution in [0, 0.1) is 20.8 Å². The summed E-state index contributed by atoms with van der Waals surface area (Å²) < 4.78 is 0. The predicted molar refractivity (Wildman–Crippen MR) is 63.8 cm³/mol. The molecule has 0 fully saturated rings. The smallest absolute Gasteiger partial charge is 0.230 e. The largest absolute Gasteiger partial charge is 0.324 e. The number of aromatic nitrogens is 3. The van der Waals surface area contributed by atoms with E-state index in [9.17, 15) is 0 Å². The van der Waals surface area contributed by atoms with E-state index in [-0.39, 0.29) is 0 Å². The van der Waals surface area contributed by atoms with Crippen molar-refractivity contribution in [2.45, 2.75) is 20.8 Å². The van der Waals surface area contributed by atoms with Crippen molar-refractivity contribution in [1.29, 1.82) is 0 Å². The molecule has 82 valence electrons. The SMILES string of the molecule is Cc1ccc(Nc2nc(C)nc(C)n2)cc1. The highest BCUT2D eigenvalue weighted by Gasteiger charge is 2.00. The summed E-state index contributed by atoms with van der Waals surface area (Å²) in [6.07, 6.45) is 0. The van der Waals surface area contributed by atoms with Gasteiger partial charge in [0, 0.05) is 5.69 Å². The van der Waals surface area contributed by atoms with E-state index in [0.717, 1.165) is 17.3 Å². The fourth-order valence-corrected chi connectivity index (χ4v) is 1.44. The van der Waals surface area contributed by atoms with Gasteiger partial charge < -0.3 is 5.32 Å². The van der Waals surface area contributed by atoms with Crippen molar-refractivity contribution in [3.05, 3.63) is 41.5 Å². The van der Waals surface area contributed by atoms with E-state index in [0.29, 0.717) is 5.95 Å². The molecule has 1 aromatic heterocycles. The summed E-state index contributed by atoms with van der Waals surface area (Å²) >= 11 is 0. The summed E-state index contributed by atoms with van der Waals surface area (Å²) in [5.74, 6) is 2.04. The van der Waals surface area contributed by atoms with Gasteiger partial charge in [0.15, 0.2) is 0 Å². The first kappa shape index (κ1) is 10.5. The summed E-state index contributed by atoms with van der Waals surface area (Å²) in [7, 11) is 0. The molecule has 16 heavy (non-hydrogen) atoms. The second-order valence-electron chi connectivity index (χ2n) is 3.74. The topological polar surface area (TPSA) is 50.7 Å². The molecule has 2 aromatic rings. The van der Waals surface area contributed by atoms with Crippen LogP contribution < -0.4 is 5.32 Å². The average molecular weight is 214 g/mol. The van der Waals surface area contributed by atoms with Crippen molar-refractivity contribution in [3.8, 4) is 0 Å². The van der Waals surface area contributed by atoms with Gasteiger partial charge in [-0.3, -0.25) is 0 Å². The Morgan fingerprint density at radius 2 is 1.38 bits per heavy atom. The zero-order valence-corrected chi connectivity index (χ0v) is 9.65. The van der Waals surface area contributed by atoms with E-state index in [1.54, 1.807) is 0 Å². The Morgan fingerprint density at radius 1 is 0.812 bits per heavy atom. The maximum atomic E-state index is 4.22.